The largest absolute Gasteiger partial charge is 0.385 e. The number of imidazole rings is 1. The standard InChI is InChI=1S/C9H17N3O/c1-4-11-7(2)9(13)8-5-10-6-12(8)3/h5-7,9,11,13H,4H2,1-3H3. The number of hydrogen-bond acceptors (Lipinski definition) is 3. The van der Waals surface area contributed by atoms with Gasteiger partial charge in [0.15, 0.2) is 0 Å². The molecular formula is C9H17N3O. The zero-order valence-corrected chi connectivity index (χ0v) is 8.36. The third-order valence-corrected chi connectivity index (χ3v) is 2.16. The van der Waals surface area contributed by atoms with Crippen molar-refractivity contribution in [1.29, 1.82) is 0 Å². The molecule has 0 aromatic carbocycles. The molecule has 0 saturated carbocycles. The predicted octanol–water partition coefficient (Wildman–Crippen LogP) is 0.451. The van der Waals surface area contributed by atoms with Gasteiger partial charge in [-0.15, -0.1) is 0 Å². The monoisotopic (exact) mass is 183 g/mol. The minimum absolute atomic E-state index is 0.0559. The average Bonchev–Trinajstić information content (AvgIpc) is 2.50. The first-order valence-electron chi connectivity index (χ1n) is 4.54. The summed E-state index contributed by atoms with van der Waals surface area (Å²) in [5.74, 6) is 0. The molecule has 0 radical (unpaired) electrons. The van der Waals surface area contributed by atoms with Crippen molar-refractivity contribution in [2.75, 3.05) is 6.54 Å². The van der Waals surface area contributed by atoms with Gasteiger partial charge in [-0.3, -0.25) is 0 Å². The van der Waals surface area contributed by atoms with E-state index in [1.54, 1.807) is 12.5 Å². The number of rotatable bonds is 4. The smallest absolute Gasteiger partial charge is 0.110 e. The molecule has 0 aliphatic heterocycles. The van der Waals surface area contributed by atoms with Crippen LogP contribution < -0.4 is 5.32 Å². The van der Waals surface area contributed by atoms with Gasteiger partial charge in [-0.2, -0.15) is 0 Å². The lowest BCUT2D eigenvalue weighted by molar-refractivity contribution is 0.129. The molecule has 2 atom stereocenters. The van der Waals surface area contributed by atoms with Crippen molar-refractivity contribution in [3.8, 4) is 0 Å². The van der Waals surface area contributed by atoms with Gasteiger partial charge < -0.3 is 15.0 Å². The van der Waals surface area contributed by atoms with Crippen LogP contribution in [0.5, 0.6) is 0 Å². The summed E-state index contributed by atoms with van der Waals surface area (Å²) < 4.78 is 1.83. The van der Waals surface area contributed by atoms with Gasteiger partial charge in [0.2, 0.25) is 0 Å². The van der Waals surface area contributed by atoms with Crippen LogP contribution in [0.25, 0.3) is 0 Å². The molecule has 0 fully saturated rings. The second-order valence-electron chi connectivity index (χ2n) is 3.22. The predicted molar refractivity (Wildman–Crippen MR) is 51.3 cm³/mol. The first kappa shape index (κ1) is 10.2. The molecule has 4 nitrogen and oxygen atoms in total. The van der Waals surface area contributed by atoms with Crippen molar-refractivity contribution < 1.29 is 5.11 Å². The highest BCUT2D eigenvalue weighted by Crippen LogP contribution is 2.14. The lowest BCUT2D eigenvalue weighted by atomic mass is 10.1. The summed E-state index contributed by atoms with van der Waals surface area (Å²) in [5.41, 5.74) is 0.841. The zero-order valence-electron chi connectivity index (χ0n) is 8.36. The first-order valence-corrected chi connectivity index (χ1v) is 4.54. The van der Waals surface area contributed by atoms with Crippen LogP contribution in [-0.4, -0.2) is 27.2 Å². The van der Waals surface area contributed by atoms with Gasteiger partial charge >= 0.3 is 0 Å². The van der Waals surface area contributed by atoms with Gasteiger partial charge in [0, 0.05) is 13.1 Å². The Bertz CT molecular complexity index is 259. The highest BCUT2D eigenvalue weighted by molar-refractivity contribution is 5.04. The average molecular weight is 183 g/mol. The highest BCUT2D eigenvalue weighted by Gasteiger charge is 2.17. The highest BCUT2D eigenvalue weighted by atomic mass is 16.3. The lowest BCUT2D eigenvalue weighted by Crippen LogP contribution is -2.32. The number of nitrogens with one attached hydrogen (secondary N) is 1. The fraction of sp³-hybridized carbons (Fsp3) is 0.667. The van der Waals surface area contributed by atoms with Crippen LogP contribution in [-0.2, 0) is 7.05 Å². The maximum atomic E-state index is 9.87. The quantitative estimate of drug-likeness (QED) is 0.712. The Hall–Kier alpha value is -0.870. The van der Waals surface area contributed by atoms with Gasteiger partial charge in [-0.1, -0.05) is 6.92 Å². The van der Waals surface area contributed by atoms with Crippen LogP contribution in [0.1, 0.15) is 25.6 Å². The normalized spacial score (nSPS) is 15.7. The minimum Gasteiger partial charge on any atom is -0.385 e. The maximum Gasteiger partial charge on any atom is 0.110 e. The van der Waals surface area contributed by atoms with Gasteiger partial charge in [0.1, 0.15) is 6.10 Å². The van der Waals surface area contributed by atoms with Gasteiger partial charge in [0.05, 0.1) is 18.2 Å². The van der Waals surface area contributed by atoms with Crippen LogP contribution >= 0.6 is 0 Å². The number of likely N-dealkylation sites (N-methyl/N-ethyl adjacent to an activating group) is 1. The summed E-state index contributed by atoms with van der Waals surface area (Å²) in [6.07, 6.45) is 2.89. The summed E-state index contributed by atoms with van der Waals surface area (Å²) in [5, 5.41) is 13.0. The Morgan fingerprint density at radius 3 is 2.85 bits per heavy atom. The van der Waals surface area contributed by atoms with Gasteiger partial charge in [-0.05, 0) is 13.5 Å². The van der Waals surface area contributed by atoms with Crippen molar-refractivity contribution in [3.05, 3.63) is 18.2 Å². The molecule has 2 N–H and O–H groups in total. The van der Waals surface area contributed by atoms with Crippen molar-refractivity contribution in [1.82, 2.24) is 14.9 Å². The van der Waals surface area contributed by atoms with Crippen LogP contribution in [0.4, 0.5) is 0 Å². The summed E-state index contributed by atoms with van der Waals surface area (Å²) in [6, 6.07) is 0.0559. The summed E-state index contributed by atoms with van der Waals surface area (Å²) in [6.45, 7) is 4.84. The fourth-order valence-corrected chi connectivity index (χ4v) is 1.34. The molecular weight excluding hydrogens is 166 g/mol. The summed E-state index contributed by atoms with van der Waals surface area (Å²) >= 11 is 0. The molecule has 0 aliphatic rings. The molecule has 1 aromatic heterocycles. The third kappa shape index (κ3) is 2.29. The molecule has 0 bridgehead atoms. The molecule has 1 rings (SSSR count). The van der Waals surface area contributed by atoms with Crippen LogP contribution in [0.15, 0.2) is 12.5 Å². The SMILES string of the molecule is CCNC(C)C(O)c1cncn1C. The second-order valence-corrected chi connectivity index (χ2v) is 3.22. The number of aliphatic hydroxyl groups is 1. The molecule has 0 amide bonds. The molecule has 2 unspecified atom stereocenters. The third-order valence-electron chi connectivity index (χ3n) is 2.16. The van der Waals surface area contributed by atoms with E-state index >= 15 is 0 Å². The van der Waals surface area contributed by atoms with E-state index in [9.17, 15) is 5.11 Å². The van der Waals surface area contributed by atoms with E-state index < -0.39 is 6.10 Å². The maximum absolute atomic E-state index is 9.87. The summed E-state index contributed by atoms with van der Waals surface area (Å²) in [7, 11) is 1.88. The van der Waals surface area contributed by atoms with Crippen molar-refractivity contribution >= 4 is 0 Å². The number of aromatic nitrogens is 2. The Morgan fingerprint density at radius 1 is 1.69 bits per heavy atom. The zero-order chi connectivity index (χ0) is 9.84. The van der Waals surface area contributed by atoms with Crippen LogP contribution in [0, 0.1) is 0 Å². The van der Waals surface area contributed by atoms with Crippen molar-refractivity contribution in [3.63, 3.8) is 0 Å². The topological polar surface area (TPSA) is 50.1 Å². The van der Waals surface area contributed by atoms with E-state index in [1.807, 2.05) is 25.5 Å². The van der Waals surface area contributed by atoms with Crippen LogP contribution in [0.2, 0.25) is 0 Å². The molecule has 13 heavy (non-hydrogen) atoms. The minimum atomic E-state index is -0.493. The Kier molecular flexibility index (Phi) is 3.45. The number of aliphatic hydroxyl groups excluding tert-OH is 1. The van der Waals surface area contributed by atoms with E-state index in [0.717, 1.165) is 12.2 Å². The molecule has 74 valence electrons. The van der Waals surface area contributed by atoms with E-state index in [2.05, 4.69) is 10.3 Å². The van der Waals surface area contributed by atoms with Gasteiger partial charge in [-0.25, -0.2) is 4.98 Å². The van der Waals surface area contributed by atoms with E-state index in [-0.39, 0.29) is 6.04 Å². The van der Waals surface area contributed by atoms with Crippen molar-refractivity contribution in [2.24, 2.45) is 7.05 Å². The Labute approximate surface area is 78.6 Å². The van der Waals surface area contributed by atoms with Gasteiger partial charge in [0.25, 0.3) is 0 Å². The van der Waals surface area contributed by atoms with Crippen LogP contribution in [0.3, 0.4) is 0 Å². The van der Waals surface area contributed by atoms with E-state index in [0.29, 0.717) is 0 Å². The number of aryl methyl sites for hydroxylation is 1. The lowest BCUT2D eigenvalue weighted by Gasteiger charge is -2.19. The van der Waals surface area contributed by atoms with E-state index in [4.69, 9.17) is 0 Å². The molecule has 0 aliphatic carbocycles. The molecule has 1 aromatic rings. The van der Waals surface area contributed by atoms with E-state index in [1.165, 1.54) is 0 Å². The Balaban J connectivity index is 2.67. The second kappa shape index (κ2) is 4.39. The molecule has 4 heteroatoms. The molecule has 0 saturated heterocycles. The molecule has 0 spiro atoms. The van der Waals surface area contributed by atoms with Crippen molar-refractivity contribution in [2.45, 2.75) is 26.0 Å². The number of hydrogen-bond donors (Lipinski definition) is 2. The molecule has 1 heterocycles. The summed E-state index contributed by atoms with van der Waals surface area (Å²) in [4.78, 5) is 3.96. The fourth-order valence-electron chi connectivity index (χ4n) is 1.34. The first-order chi connectivity index (χ1) is 6.16. The number of nitrogens with zero attached hydrogens (tertiary/aromatic N) is 2. The Morgan fingerprint density at radius 2 is 2.38 bits per heavy atom.